The van der Waals surface area contributed by atoms with Crippen LogP contribution in [0.25, 0.3) is 0 Å². The lowest BCUT2D eigenvalue weighted by Crippen LogP contribution is -2.17. The van der Waals surface area contributed by atoms with E-state index in [1.807, 2.05) is 25.1 Å². The van der Waals surface area contributed by atoms with Crippen molar-refractivity contribution >= 4 is 0 Å². The highest BCUT2D eigenvalue weighted by Gasteiger charge is 2.06. The number of ether oxygens (including phenoxy) is 2. The molecular weight excluding hydrogens is 202 g/mol. The van der Waals surface area contributed by atoms with Gasteiger partial charge in [-0.2, -0.15) is 0 Å². The molecule has 0 bridgehead atoms. The fourth-order valence-corrected chi connectivity index (χ4v) is 1.54. The summed E-state index contributed by atoms with van der Waals surface area (Å²) in [4.78, 5) is 0. The van der Waals surface area contributed by atoms with Gasteiger partial charge in [0.1, 0.15) is 0 Å². The van der Waals surface area contributed by atoms with Crippen molar-refractivity contribution in [3.63, 3.8) is 0 Å². The number of methoxy groups -OCH3 is 1. The van der Waals surface area contributed by atoms with Gasteiger partial charge in [0.2, 0.25) is 0 Å². The summed E-state index contributed by atoms with van der Waals surface area (Å²) in [5.74, 6) is 1.59. The van der Waals surface area contributed by atoms with Gasteiger partial charge in [0, 0.05) is 6.04 Å². The number of hydrogen-bond donors (Lipinski definition) is 1. The van der Waals surface area contributed by atoms with Crippen LogP contribution in [0.5, 0.6) is 11.5 Å². The second-order valence-corrected chi connectivity index (χ2v) is 4.02. The minimum absolute atomic E-state index is 0.159. The van der Waals surface area contributed by atoms with Crippen LogP contribution in [0.3, 0.4) is 0 Å². The van der Waals surface area contributed by atoms with Gasteiger partial charge in [0.25, 0.3) is 0 Å². The van der Waals surface area contributed by atoms with Gasteiger partial charge in [0.05, 0.1) is 13.7 Å². The lowest BCUT2D eigenvalue weighted by atomic mass is 10.1. The summed E-state index contributed by atoms with van der Waals surface area (Å²) in [5.41, 5.74) is 6.94. The van der Waals surface area contributed by atoms with Crippen LogP contribution in [0.1, 0.15) is 25.8 Å². The summed E-state index contributed by atoms with van der Waals surface area (Å²) in [7, 11) is 1.66. The molecule has 1 unspecified atom stereocenters. The standard InChI is InChI=1S/C13H21NO2/c1-4-7-16-12-6-5-11(8-10(2)14)9-13(12)15-3/h5-6,9-10H,4,7-8,14H2,1-3H3. The molecule has 0 heterocycles. The summed E-state index contributed by atoms with van der Waals surface area (Å²) >= 11 is 0. The van der Waals surface area contributed by atoms with E-state index in [9.17, 15) is 0 Å². The van der Waals surface area contributed by atoms with Crippen molar-refractivity contribution in [2.45, 2.75) is 32.7 Å². The molecule has 3 heteroatoms. The van der Waals surface area contributed by atoms with Gasteiger partial charge < -0.3 is 15.2 Å². The van der Waals surface area contributed by atoms with Crippen molar-refractivity contribution in [2.75, 3.05) is 13.7 Å². The van der Waals surface area contributed by atoms with E-state index in [-0.39, 0.29) is 6.04 Å². The topological polar surface area (TPSA) is 44.5 Å². The first-order valence-corrected chi connectivity index (χ1v) is 5.72. The first-order valence-electron chi connectivity index (χ1n) is 5.72. The van der Waals surface area contributed by atoms with E-state index in [2.05, 4.69) is 6.92 Å². The Morgan fingerprint density at radius 2 is 2.06 bits per heavy atom. The molecular formula is C13H21NO2. The average molecular weight is 223 g/mol. The first-order chi connectivity index (χ1) is 7.67. The molecule has 0 spiro atoms. The van der Waals surface area contributed by atoms with Crippen LogP contribution < -0.4 is 15.2 Å². The highest BCUT2D eigenvalue weighted by atomic mass is 16.5. The highest BCUT2D eigenvalue weighted by molar-refractivity contribution is 5.43. The molecule has 0 saturated carbocycles. The van der Waals surface area contributed by atoms with E-state index < -0.39 is 0 Å². The number of benzene rings is 1. The van der Waals surface area contributed by atoms with Crippen molar-refractivity contribution < 1.29 is 9.47 Å². The van der Waals surface area contributed by atoms with Gasteiger partial charge in [-0.15, -0.1) is 0 Å². The fraction of sp³-hybridized carbons (Fsp3) is 0.538. The van der Waals surface area contributed by atoms with Crippen molar-refractivity contribution in [3.05, 3.63) is 23.8 Å². The lowest BCUT2D eigenvalue weighted by molar-refractivity contribution is 0.294. The van der Waals surface area contributed by atoms with Crippen LogP contribution in [0.4, 0.5) is 0 Å². The van der Waals surface area contributed by atoms with Crippen LogP contribution >= 0.6 is 0 Å². The maximum Gasteiger partial charge on any atom is 0.161 e. The van der Waals surface area contributed by atoms with Crippen LogP contribution in [0, 0.1) is 0 Å². The van der Waals surface area contributed by atoms with Crippen LogP contribution in [0.2, 0.25) is 0 Å². The van der Waals surface area contributed by atoms with E-state index in [4.69, 9.17) is 15.2 Å². The third-order valence-electron chi connectivity index (χ3n) is 2.25. The quantitative estimate of drug-likeness (QED) is 0.805. The molecule has 0 aliphatic heterocycles. The Hall–Kier alpha value is -1.22. The predicted molar refractivity (Wildman–Crippen MR) is 66.1 cm³/mol. The van der Waals surface area contributed by atoms with E-state index in [1.54, 1.807) is 7.11 Å². The summed E-state index contributed by atoms with van der Waals surface area (Å²) < 4.78 is 10.9. The number of nitrogens with two attached hydrogens (primary N) is 1. The maximum absolute atomic E-state index is 5.76. The van der Waals surface area contributed by atoms with Crippen LogP contribution in [-0.4, -0.2) is 19.8 Å². The second kappa shape index (κ2) is 6.38. The van der Waals surface area contributed by atoms with Crippen LogP contribution in [-0.2, 0) is 6.42 Å². The van der Waals surface area contributed by atoms with Gasteiger partial charge in [-0.05, 0) is 37.5 Å². The molecule has 0 aliphatic carbocycles. The zero-order chi connectivity index (χ0) is 12.0. The van der Waals surface area contributed by atoms with Crippen molar-refractivity contribution in [1.82, 2.24) is 0 Å². The summed E-state index contributed by atoms with van der Waals surface area (Å²) in [6.07, 6.45) is 1.84. The molecule has 1 aromatic carbocycles. The summed E-state index contributed by atoms with van der Waals surface area (Å²) in [6.45, 7) is 4.79. The Labute approximate surface area is 97.6 Å². The molecule has 1 rings (SSSR count). The third kappa shape index (κ3) is 3.74. The van der Waals surface area contributed by atoms with E-state index >= 15 is 0 Å². The zero-order valence-electron chi connectivity index (χ0n) is 10.3. The van der Waals surface area contributed by atoms with E-state index in [0.29, 0.717) is 6.61 Å². The van der Waals surface area contributed by atoms with E-state index in [1.165, 1.54) is 5.56 Å². The minimum Gasteiger partial charge on any atom is -0.493 e. The highest BCUT2D eigenvalue weighted by Crippen LogP contribution is 2.28. The second-order valence-electron chi connectivity index (χ2n) is 4.02. The Morgan fingerprint density at radius 1 is 1.31 bits per heavy atom. The van der Waals surface area contributed by atoms with Gasteiger partial charge >= 0.3 is 0 Å². The van der Waals surface area contributed by atoms with E-state index in [0.717, 1.165) is 24.3 Å². The van der Waals surface area contributed by atoms with Crippen molar-refractivity contribution in [1.29, 1.82) is 0 Å². The Bertz CT molecular complexity index is 324. The number of rotatable bonds is 6. The minimum atomic E-state index is 0.159. The zero-order valence-corrected chi connectivity index (χ0v) is 10.3. The Balaban J connectivity index is 2.79. The van der Waals surface area contributed by atoms with Crippen molar-refractivity contribution in [2.24, 2.45) is 5.73 Å². The molecule has 1 aromatic rings. The Kier molecular flexibility index (Phi) is 5.12. The Morgan fingerprint density at radius 3 is 2.62 bits per heavy atom. The summed E-state index contributed by atoms with van der Waals surface area (Å²) in [6, 6.07) is 6.14. The van der Waals surface area contributed by atoms with Crippen LogP contribution in [0.15, 0.2) is 18.2 Å². The van der Waals surface area contributed by atoms with Gasteiger partial charge in [-0.25, -0.2) is 0 Å². The van der Waals surface area contributed by atoms with Gasteiger partial charge in [-0.1, -0.05) is 13.0 Å². The maximum atomic E-state index is 5.76. The SMILES string of the molecule is CCCOc1ccc(CC(C)N)cc1OC. The fourth-order valence-electron chi connectivity index (χ4n) is 1.54. The molecule has 90 valence electrons. The molecule has 3 nitrogen and oxygen atoms in total. The normalized spacial score (nSPS) is 12.2. The largest absolute Gasteiger partial charge is 0.493 e. The molecule has 0 radical (unpaired) electrons. The molecule has 0 fully saturated rings. The molecule has 0 aromatic heterocycles. The first kappa shape index (κ1) is 12.8. The lowest BCUT2D eigenvalue weighted by Gasteiger charge is -2.12. The smallest absolute Gasteiger partial charge is 0.161 e. The predicted octanol–water partition coefficient (Wildman–Crippen LogP) is 2.37. The molecule has 0 saturated heterocycles. The summed E-state index contributed by atoms with van der Waals surface area (Å²) in [5, 5.41) is 0. The third-order valence-corrected chi connectivity index (χ3v) is 2.25. The van der Waals surface area contributed by atoms with Crippen molar-refractivity contribution in [3.8, 4) is 11.5 Å². The monoisotopic (exact) mass is 223 g/mol. The molecule has 16 heavy (non-hydrogen) atoms. The molecule has 0 aliphatic rings. The molecule has 2 N–H and O–H groups in total. The van der Waals surface area contributed by atoms with Gasteiger partial charge in [-0.3, -0.25) is 0 Å². The number of hydrogen-bond acceptors (Lipinski definition) is 3. The molecule has 1 atom stereocenters. The average Bonchev–Trinajstić information content (AvgIpc) is 2.26. The van der Waals surface area contributed by atoms with Gasteiger partial charge in [0.15, 0.2) is 11.5 Å². The molecule has 0 amide bonds.